The number of aromatic hydroxyl groups is 1. The van der Waals surface area contributed by atoms with Gasteiger partial charge in [0.2, 0.25) is 0 Å². The van der Waals surface area contributed by atoms with Gasteiger partial charge in [0.05, 0.1) is 0 Å². The monoisotopic (exact) mass is 204 g/mol. The third-order valence-electron chi connectivity index (χ3n) is 1.74. The SMILES string of the molecule is NC[C@@H](N)c1c(Cl)ccc(F)c1O. The van der Waals surface area contributed by atoms with Crippen LogP contribution in [0.5, 0.6) is 5.75 Å². The molecule has 5 N–H and O–H groups in total. The normalized spacial score (nSPS) is 12.9. The zero-order valence-electron chi connectivity index (χ0n) is 6.80. The van der Waals surface area contributed by atoms with Gasteiger partial charge < -0.3 is 16.6 Å². The number of rotatable bonds is 2. The van der Waals surface area contributed by atoms with Crippen molar-refractivity contribution in [2.75, 3.05) is 6.54 Å². The van der Waals surface area contributed by atoms with Gasteiger partial charge in [-0.25, -0.2) is 4.39 Å². The van der Waals surface area contributed by atoms with Crippen molar-refractivity contribution in [2.45, 2.75) is 6.04 Å². The van der Waals surface area contributed by atoms with E-state index in [0.717, 1.165) is 6.07 Å². The molecule has 0 saturated carbocycles. The maximum atomic E-state index is 12.9. The van der Waals surface area contributed by atoms with Crippen molar-refractivity contribution < 1.29 is 9.50 Å². The Kier molecular flexibility index (Phi) is 3.08. The molecule has 3 nitrogen and oxygen atoms in total. The quantitative estimate of drug-likeness (QED) is 0.677. The topological polar surface area (TPSA) is 72.3 Å². The van der Waals surface area contributed by atoms with Crippen molar-refractivity contribution in [3.05, 3.63) is 28.5 Å². The number of halogens is 2. The Morgan fingerprint density at radius 1 is 1.54 bits per heavy atom. The summed E-state index contributed by atoms with van der Waals surface area (Å²) in [5.74, 6) is -1.27. The van der Waals surface area contributed by atoms with Crippen LogP contribution in [0.25, 0.3) is 0 Å². The molecule has 0 aromatic heterocycles. The van der Waals surface area contributed by atoms with Crippen molar-refractivity contribution in [3.8, 4) is 5.75 Å². The first kappa shape index (κ1) is 10.2. The fourth-order valence-corrected chi connectivity index (χ4v) is 1.32. The highest BCUT2D eigenvalue weighted by atomic mass is 35.5. The van der Waals surface area contributed by atoms with Crippen molar-refractivity contribution in [1.82, 2.24) is 0 Å². The molecule has 0 saturated heterocycles. The highest BCUT2D eigenvalue weighted by Crippen LogP contribution is 2.32. The zero-order valence-corrected chi connectivity index (χ0v) is 7.55. The van der Waals surface area contributed by atoms with Crippen LogP contribution in [-0.2, 0) is 0 Å². The molecule has 0 heterocycles. The lowest BCUT2D eigenvalue weighted by Gasteiger charge is -2.13. The highest BCUT2D eigenvalue weighted by Gasteiger charge is 2.16. The summed E-state index contributed by atoms with van der Waals surface area (Å²) in [6.45, 7) is 0.0940. The molecule has 5 heteroatoms. The Morgan fingerprint density at radius 3 is 2.69 bits per heavy atom. The first-order valence-corrected chi connectivity index (χ1v) is 4.08. The standard InChI is InChI=1S/C8H10ClFN2O/c9-4-1-2-5(10)8(13)7(4)6(12)3-11/h1-2,6,13H,3,11-12H2/t6-/m1/s1. The molecule has 13 heavy (non-hydrogen) atoms. The molecule has 1 rings (SSSR count). The number of benzene rings is 1. The predicted octanol–water partition coefficient (Wildman–Crippen LogP) is 1.14. The molecule has 0 aliphatic heterocycles. The number of phenols is 1. The number of hydrogen-bond donors (Lipinski definition) is 3. The molecule has 0 radical (unpaired) electrons. The minimum Gasteiger partial charge on any atom is -0.505 e. The van der Waals surface area contributed by atoms with E-state index in [0.29, 0.717) is 0 Å². The molecule has 0 amide bonds. The largest absolute Gasteiger partial charge is 0.505 e. The van der Waals surface area contributed by atoms with Gasteiger partial charge in [-0.3, -0.25) is 0 Å². The predicted molar refractivity (Wildman–Crippen MR) is 49.1 cm³/mol. The van der Waals surface area contributed by atoms with Crippen LogP contribution in [0.4, 0.5) is 4.39 Å². The van der Waals surface area contributed by atoms with Gasteiger partial charge in [0.25, 0.3) is 0 Å². The van der Waals surface area contributed by atoms with Crippen LogP contribution in [0.2, 0.25) is 5.02 Å². The van der Waals surface area contributed by atoms with E-state index in [1.54, 1.807) is 0 Å². The summed E-state index contributed by atoms with van der Waals surface area (Å²) >= 11 is 5.71. The summed E-state index contributed by atoms with van der Waals surface area (Å²) in [4.78, 5) is 0. The van der Waals surface area contributed by atoms with Gasteiger partial charge in [-0.1, -0.05) is 11.6 Å². The lowest BCUT2D eigenvalue weighted by atomic mass is 10.1. The Hall–Kier alpha value is -0.840. The van der Waals surface area contributed by atoms with Crippen LogP contribution < -0.4 is 11.5 Å². The van der Waals surface area contributed by atoms with E-state index in [1.807, 2.05) is 0 Å². The molecule has 1 aromatic carbocycles. The second kappa shape index (κ2) is 3.91. The first-order chi connectivity index (χ1) is 6.07. The molecule has 0 spiro atoms. The van der Waals surface area contributed by atoms with E-state index < -0.39 is 17.6 Å². The number of hydrogen-bond acceptors (Lipinski definition) is 3. The van der Waals surface area contributed by atoms with Gasteiger partial charge in [-0.05, 0) is 12.1 Å². The summed E-state index contributed by atoms with van der Waals surface area (Å²) in [6.07, 6.45) is 0. The minimum absolute atomic E-state index is 0.0940. The van der Waals surface area contributed by atoms with E-state index in [9.17, 15) is 9.50 Å². The molecular formula is C8H10ClFN2O. The number of phenolic OH excluding ortho intramolecular Hbond substituents is 1. The van der Waals surface area contributed by atoms with Crippen molar-refractivity contribution in [3.63, 3.8) is 0 Å². The zero-order chi connectivity index (χ0) is 10.0. The van der Waals surface area contributed by atoms with Crippen LogP contribution in [0.3, 0.4) is 0 Å². The van der Waals surface area contributed by atoms with Gasteiger partial charge in [-0.15, -0.1) is 0 Å². The summed E-state index contributed by atoms with van der Waals surface area (Å²) in [5.41, 5.74) is 11.0. The van der Waals surface area contributed by atoms with Crippen LogP contribution >= 0.6 is 11.6 Å². The highest BCUT2D eigenvalue weighted by molar-refractivity contribution is 6.31. The van der Waals surface area contributed by atoms with Crippen molar-refractivity contribution in [1.29, 1.82) is 0 Å². The van der Waals surface area contributed by atoms with Gasteiger partial charge >= 0.3 is 0 Å². The Morgan fingerprint density at radius 2 is 2.15 bits per heavy atom. The van der Waals surface area contributed by atoms with Crippen LogP contribution in [0.1, 0.15) is 11.6 Å². The average Bonchev–Trinajstić information content (AvgIpc) is 2.12. The van der Waals surface area contributed by atoms with E-state index in [2.05, 4.69) is 0 Å². The Labute approximate surface area is 80.1 Å². The van der Waals surface area contributed by atoms with E-state index in [4.69, 9.17) is 23.1 Å². The summed E-state index contributed by atoms with van der Waals surface area (Å²) in [5, 5.41) is 9.50. The van der Waals surface area contributed by atoms with Gasteiger partial charge in [-0.2, -0.15) is 0 Å². The third kappa shape index (κ3) is 1.91. The summed E-state index contributed by atoms with van der Waals surface area (Å²) in [7, 11) is 0. The average molecular weight is 205 g/mol. The summed E-state index contributed by atoms with van der Waals surface area (Å²) < 4.78 is 12.9. The maximum Gasteiger partial charge on any atom is 0.165 e. The van der Waals surface area contributed by atoms with Crippen LogP contribution in [0.15, 0.2) is 12.1 Å². The molecule has 0 bridgehead atoms. The molecular weight excluding hydrogens is 195 g/mol. The third-order valence-corrected chi connectivity index (χ3v) is 2.07. The second-order valence-electron chi connectivity index (χ2n) is 2.63. The van der Waals surface area contributed by atoms with Crippen molar-refractivity contribution in [2.24, 2.45) is 11.5 Å². The Bertz CT molecular complexity index is 319. The van der Waals surface area contributed by atoms with Gasteiger partial charge in [0, 0.05) is 23.2 Å². The molecule has 72 valence electrons. The fourth-order valence-electron chi connectivity index (χ4n) is 1.03. The molecule has 0 aliphatic rings. The van der Waals surface area contributed by atoms with Crippen LogP contribution in [0, 0.1) is 5.82 Å². The van der Waals surface area contributed by atoms with Crippen LogP contribution in [-0.4, -0.2) is 11.7 Å². The fraction of sp³-hybridized carbons (Fsp3) is 0.250. The van der Waals surface area contributed by atoms with E-state index in [1.165, 1.54) is 6.07 Å². The summed E-state index contributed by atoms with van der Waals surface area (Å²) in [6, 6.07) is 1.76. The van der Waals surface area contributed by atoms with Gasteiger partial charge in [0.15, 0.2) is 11.6 Å². The molecule has 1 atom stereocenters. The maximum absolute atomic E-state index is 12.9. The van der Waals surface area contributed by atoms with E-state index in [-0.39, 0.29) is 17.1 Å². The molecule has 0 unspecified atom stereocenters. The minimum atomic E-state index is -0.747. The van der Waals surface area contributed by atoms with Crippen molar-refractivity contribution >= 4 is 11.6 Å². The smallest absolute Gasteiger partial charge is 0.165 e. The lowest BCUT2D eigenvalue weighted by Crippen LogP contribution is -2.21. The molecule has 0 fully saturated rings. The Balaban J connectivity index is 3.25. The van der Waals surface area contributed by atoms with Gasteiger partial charge in [0.1, 0.15) is 0 Å². The first-order valence-electron chi connectivity index (χ1n) is 3.70. The second-order valence-corrected chi connectivity index (χ2v) is 3.04. The molecule has 1 aromatic rings. The van der Waals surface area contributed by atoms with E-state index >= 15 is 0 Å². The molecule has 0 aliphatic carbocycles. The number of nitrogens with two attached hydrogens (primary N) is 2. The lowest BCUT2D eigenvalue weighted by molar-refractivity contribution is 0.421.